The predicted molar refractivity (Wildman–Crippen MR) is 89.6 cm³/mol. The summed E-state index contributed by atoms with van der Waals surface area (Å²) < 4.78 is 0. The van der Waals surface area contributed by atoms with Gasteiger partial charge in [0.1, 0.15) is 0 Å². The van der Waals surface area contributed by atoms with Gasteiger partial charge in [-0.05, 0) is 11.6 Å². The minimum absolute atomic E-state index is 0.0494. The number of benzene rings is 1. The first-order chi connectivity index (χ1) is 10.3. The minimum atomic E-state index is 0.0494. The molecule has 0 spiro atoms. The Bertz CT molecular complexity index is 510. The van der Waals surface area contributed by atoms with E-state index < -0.39 is 0 Å². The van der Waals surface area contributed by atoms with Gasteiger partial charge in [-0.25, -0.2) is 4.79 Å². The van der Waals surface area contributed by atoms with Crippen LogP contribution in [0.2, 0.25) is 0 Å². The van der Waals surface area contributed by atoms with Crippen LogP contribution in [0.4, 0.5) is 4.79 Å². The van der Waals surface area contributed by atoms with E-state index in [1.54, 1.807) is 11.8 Å². The molecule has 2 amide bonds. The second-order valence-corrected chi connectivity index (χ2v) is 6.98. The zero-order valence-corrected chi connectivity index (χ0v) is 13.5. The molecule has 0 unspecified atom stereocenters. The van der Waals surface area contributed by atoms with Crippen LogP contribution in [0.1, 0.15) is 11.1 Å². The van der Waals surface area contributed by atoms with E-state index in [1.807, 2.05) is 40.9 Å². The highest BCUT2D eigenvalue weighted by Crippen LogP contribution is 2.15. The number of carbonyl (C=O) groups excluding carboxylic acids is 1. The van der Waals surface area contributed by atoms with Crippen molar-refractivity contribution in [1.29, 1.82) is 5.26 Å². The summed E-state index contributed by atoms with van der Waals surface area (Å²) in [4.78, 5) is 13.8. The SMILES string of the molecule is N#Cc1ccccc1CSCCNC(=O)N1CCSCC1. The third-order valence-corrected chi connectivity index (χ3v) is 5.17. The van der Waals surface area contributed by atoms with E-state index in [0.29, 0.717) is 6.54 Å². The van der Waals surface area contributed by atoms with Crippen molar-refractivity contribution in [1.82, 2.24) is 10.2 Å². The molecule has 21 heavy (non-hydrogen) atoms. The lowest BCUT2D eigenvalue weighted by Crippen LogP contribution is -2.44. The summed E-state index contributed by atoms with van der Waals surface area (Å²) in [6.45, 7) is 2.36. The Balaban J connectivity index is 1.63. The maximum Gasteiger partial charge on any atom is 0.317 e. The number of rotatable bonds is 5. The maximum atomic E-state index is 11.9. The van der Waals surface area contributed by atoms with E-state index in [1.165, 1.54) is 0 Å². The third-order valence-electron chi connectivity index (χ3n) is 3.22. The highest BCUT2D eigenvalue weighted by Gasteiger charge is 2.15. The Kier molecular flexibility index (Phi) is 6.77. The quantitative estimate of drug-likeness (QED) is 0.847. The average molecular weight is 321 g/mol. The van der Waals surface area contributed by atoms with Crippen molar-refractivity contribution in [2.75, 3.05) is 36.9 Å². The monoisotopic (exact) mass is 321 g/mol. The molecule has 0 radical (unpaired) electrons. The van der Waals surface area contributed by atoms with Gasteiger partial charge >= 0.3 is 6.03 Å². The molecular weight excluding hydrogens is 302 g/mol. The summed E-state index contributed by atoms with van der Waals surface area (Å²) in [5.41, 5.74) is 1.80. The molecular formula is C15H19N3OS2. The van der Waals surface area contributed by atoms with Crippen LogP contribution >= 0.6 is 23.5 Å². The van der Waals surface area contributed by atoms with E-state index >= 15 is 0 Å². The van der Waals surface area contributed by atoms with Crippen molar-refractivity contribution in [2.45, 2.75) is 5.75 Å². The number of hydrogen-bond acceptors (Lipinski definition) is 4. The van der Waals surface area contributed by atoms with Crippen LogP contribution in [-0.4, -0.2) is 47.8 Å². The van der Waals surface area contributed by atoms with Crippen LogP contribution in [0.3, 0.4) is 0 Å². The molecule has 6 heteroatoms. The molecule has 1 heterocycles. The topological polar surface area (TPSA) is 56.1 Å². The molecule has 0 aliphatic carbocycles. The van der Waals surface area contributed by atoms with Crippen molar-refractivity contribution < 1.29 is 4.79 Å². The van der Waals surface area contributed by atoms with E-state index in [9.17, 15) is 4.79 Å². The molecule has 4 nitrogen and oxygen atoms in total. The Hall–Kier alpha value is -1.32. The van der Waals surface area contributed by atoms with Crippen molar-refractivity contribution in [3.63, 3.8) is 0 Å². The van der Waals surface area contributed by atoms with Gasteiger partial charge in [-0.3, -0.25) is 0 Å². The lowest BCUT2D eigenvalue weighted by molar-refractivity contribution is 0.204. The van der Waals surface area contributed by atoms with Crippen molar-refractivity contribution in [3.05, 3.63) is 35.4 Å². The van der Waals surface area contributed by atoms with Gasteiger partial charge in [0.2, 0.25) is 0 Å². The maximum absolute atomic E-state index is 11.9. The molecule has 1 N–H and O–H groups in total. The lowest BCUT2D eigenvalue weighted by atomic mass is 10.1. The molecule has 0 aromatic heterocycles. The molecule has 112 valence electrons. The van der Waals surface area contributed by atoms with Gasteiger partial charge in [0, 0.05) is 42.6 Å². The van der Waals surface area contributed by atoms with E-state index in [-0.39, 0.29) is 6.03 Å². The number of amides is 2. The smallest absolute Gasteiger partial charge is 0.317 e. The Morgan fingerprint density at radius 3 is 2.90 bits per heavy atom. The van der Waals surface area contributed by atoms with E-state index in [0.717, 1.165) is 47.2 Å². The van der Waals surface area contributed by atoms with Gasteiger partial charge in [-0.1, -0.05) is 18.2 Å². The van der Waals surface area contributed by atoms with Crippen LogP contribution in [0, 0.1) is 11.3 Å². The number of thioether (sulfide) groups is 2. The second kappa shape index (κ2) is 8.85. The molecule has 1 aromatic carbocycles. The Morgan fingerprint density at radius 1 is 1.38 bits per heavy atom. The van der Waals surface area contributed by atoms with Crippen molar-refractivity contribution >= 4 is 29.6 Å². The summed E-state index contributed by atoms with van der Waals surface area (Å²) in [5, 5.41) is 12.0. The zero-order valence-electron chi connectivity index (χ0n) is 11.9. The van der Waals surface area contributed by atoms with E-state index in [2.05, 4.69) is 11.4 Å². The first kappa shape index (κ1) is 16.1. The fourth-order valence-electron chi connectivity index (χ4n) is 2.05. The van der Waals surface area contributed by atoms with Crippen molar-refractivity contribution in [2.24, 2.45) is 0 Å². The van der Waals surface area contributed by atoms with Crippen LogP contribution < -0.4 is 5.32 Å². The van der Waals surface area contributed by atoms with Gasteiger partial charge in [0.15, 0.2) is 0 Å². The number of nitriles is 1. The number of nitrogens with one attached hydrogen (secondary N) is 1. The van der Waals surface area contributed by atoms with Crippen molar-refractivity contribution in [3.8, 4) is 6.07 Å². The van der Waals surface area contributed by atoms with Crippen LogP contribution in [0.25, 0.3) is 0 Å². The highest BCUT2D eigenvalue weighted by atomic mass is 32.2. The number of nitrogens with zero attached hydrogens (tertiary/aromatic N) is 2. The summed E-state index contributed by atoms with van der Waals surface area (Å²) >= 11 is 3.63. The molecule has 2 rings (SSSR count). The van der Waals surface area contributed by atoms with Gasteiger partial charge < -0.3 is 10.2 Å². The predicted octanol–water partition coefficient (Wildman–Crippen LogP) is 2.55. The molecule has 0 bridgehead atoms. The van der Waals surface area contributed by atoms with E-state index in [4.69, 9.17) is 5.26 Å². The number of carbonyl (C=O) groups is 1. The number of urea groups is 1. The van der Waals surface area contributed by atoms with Gasteiger partial charge in [0.05, 0.1) is 11.6 Å². The second-order valence-electron chi connectivity index (χ2n) is 4.65. The van der Waals surface area contributed by atoms with Crippen LogP contribution in [-0.2, 0) is 5.75 Å². The first-order valence-electron chi connectivity index (χ1n) is 6.97. The van der Waals surface area contributed by atoms with Gasteiger partial charge in [0.25, 0.3) is 0 Å². The summed E-state index contributed by atoms with van der Waals surface area (Å²) in [5.74, 6) is 3.73. The van der Waals surface area contributed by atoms with Gasteiger partial charge in [-0.2, -0.15) is 28.8 Å². The first-order valence-corrected chi connectivity index (χ1v) is 9.28. The average Bonchev–Trinajstić information content (AvgIpc) is 2.55. The normalized spacial score (nSPS) is 14.5. The Labute approximate surface area is 134 Å². The fraction of sp³-hybridized carbons (Fsp3) is 0.467. The summed E-state index contributed by atoms with van der Waals surface area (Å²) in [6.07, 6.45) is 0. The standard InChI is InChI=1S/C15H19N3OS2/c16-11-13-3-1-2-4-14(13)12-21-8-5-17-15(19)18-6-9-20-10-7-18/h1-4H,5-10,12H2,(H,17,19). The largest absolute Gasteiger partial charge is 0.337 e. The summed E-state index contributed by atoms with van der Waals surface area (Å²) in [7, 11) is 0. The summed E-state index contributed by atoms with van der Waals surface area (Å²) in [6, 6.07) is 9.91. The lowest BCUT2D eigenvalue weighted by Gasteiger charge is -2.26. The van der Waals surface area contributed by atoms with Crippen LogP contribution in [0.15, 0.2) is 24.3 Å². The minimum Gasteiger partial charge on any atom is -0.337 e. The molecule has 1 aliphatic heterocycles. The number of hydrogen-bond donors (Lipinski definition) is 1. The molecule has 1 aliphatic rings. The zero-order chi connectivity index (χ0) is 14.9. The molecule has 1 aromatic rings. The molecule has 0 saturated carbocycles. The molecule has 1 fully saturated rings. The third kappa shape index (κ3) is 5.18. The fourth-order valence-corrected chi connectivity index (χ4v) is 3.81. The molecule has 0 atom stereocenters. The van der Waals surface area contributed by atoms with Crippen LogP contribution in [0.5, 0.6) is 0 Å². The Morgan fingerprint density at radius 2 is 2.14 bits per heavy atom. The highest BCUT2D eigenvalue weighted by molar-refractivity contribution is 7.99. The van der Waals surface area contributed by atoms with Gasteiger partial charge in [-0.15, -0.1) is 0 Å². The molecule has 1 saturated heterocycles.